The third-order valence-electron chi connectivity index (χ3n) is 2.84. The number of hydrogen-bond acceptors (Lipinski definition) is 5. The number of amides is 1. The molecule has 0 aromatic carbocycles. The molecule has 1 amide bonds. The van der Waals surface area contributed by atoms with Crippen LogP contribution >= 0.6 is 0 Å². The van der Waals surface area contributed by atoms with E-state index in [4.69, 9.17) is 5.11 Å². The number of hydrogen-bond donors (Lipinski definition) is 2. The van der Waals surface area contributed by atoms with E-state index in [2.05, 4.69) is 10.1 Å². The molecule has 0 aliphatic carbocycles. The SMILES string of the molecule is COC(=O)NC1CCN(S(=O)(=O)CCCC(=O)O)C1. The zero-order chi connectivity index (χ0) is 14.5. The lowest BCUT2D eigenvalue weighted by Gasteiger charge is -2.16. The number of aliphatic carboxylic acids is 1. The first-order valence-corrected chi connectivity index (χ1v) is 7.50. The molecule has 0 bridgehead atoms. The maximum absolute atomic E-state index is 11.9. The van der Waals surface area contributed by atoms with Crippen molar-refractivity contribution in [3.05, 3.63) is 0 Å². The number of methoxy groups -OCH3 is 1. The van der Waals surface area contributed by atoms with Gasteiger partial charge in [-0.3, -0.25) is 4.79 Å². The van der Waals surface area contributed by atoms with Crippen molar-refractivity contribution < 1.29 is 27.9 Å². The number of carbonyl (C=O) groups excluding carboxylic acids is 1. The van der Waals surface area contributed by atoms with Crippen LogP contribution in [0.15, 0.2) is 0 Å². The summed E-state index contributed by atoms with van der Waals surface area (Å²) in [5, 5.41) is 11.0. The van der Waals surface area contributed by atoms with Crippen molar-refractivity contribution in [2.45, 2.75) is 25.3 Å². The van der Waals surface area contributed by atoms with Crippen molar-refractivity contribution in [3.63, 3.8) is 0 Å². The number of nitrogens with zero attached hydrogens (tertiary/aromatic N) is 1. The number of carboxylic acid groups (broad SMARTS) is 1. The highest BCUT2D eigenvalue weighted by Crippen LogP contribution is 2.15. The van der Waals surface area contributed by atoms with Crippen LogP contribution in [0.1, 0.15) is 19.3 Å². The molecule has 0 aromatic rings. The molecular weight excluding hydrogens is 276 g/mol. The summed E-state index contributed by atoms with van der Waals surface area (Å²) in [5.74, 6) is -1.20. The van der Waals surface area contributed by atoms with E-state index in [1.807, 2.05) is 0 Å². The van der Waals surface area contributed by atoms with Crippen LogP contribution in [0.4, 0.5) is 4.79 Å². The molecule has 0 radical (unpaired) electrons. The predicted molar refractivity (Wildman–Crippen MR) is 66.2 cm³/mol. The molecule has 1 aliphatic heterocycles. The van der Waals surface area contributed by atoms with Crippen LogP contribution in [0.2, 0.25) is 0 Å². The van der Waals surface area contributed by atoms with Gasteiger partial charge in [0.25, 0.3) is 0 Å². The fourth-order valence-electron chi connectivity index (χ4n) is 1.86. The number of carbonyl (C=O) groups is 2. The number of ether oxygens (including phenoxy) is 1. The number of carboxylic acids is 1. The van der Waals surface area contributed by atoms with E-state index in [1.165, 1.54) is 11.4 Å². The van der Waals surface area contributed by atoms with Gasteiger partial charge >= 0.3 is 12.1 Å². The zero-order valence-corrected chi connectivity index (χ0v) is 11.5. The maximum atomic E-state index is 11.9. The second-order valence-corrected chi connectivity index (χ2v) is 6.38. The summed E-state index contributed by atoms with van der Waals surface area (Å²) < 4.78 is 29.5. The normalized spacial score (nSPS) is 20.2. The van der Waals surface area contributed by atoms with E-state index >= 15 is 0 Å². The summed E-state index contributed by atoms with van der Waals surface area (Å²) in [7, 11) is -2.21. The van der Waals surface area contributed by atoms with E-state index in [9.17, 15) is 18.0 Å². The van der Waals surface area contributed by atoms with Crippen LogP contribution in [0.5, 0.6) is 0 Å². The lowest BCUT2D eigenvalue weighted by Crippen LogP contribution is -2.39. The standard InChI is InChI=1S/C10H18N2O6S/c1-18-10(15)11-8-4-5-12(7-8)19(16,17)6-2-3-9(13)14/h8H,2-7H2,1H3,(H,11,15)(H,13,14). The smallest absolute Gasteiger partial charge is 0.407 e. The Labute approximate surface area is 111 Å². The molecule has 1 unspecified atom stereocenters. The molecule has 9 heteroatoms. The predicted octanol–water partition coefficient (Wildman–Crippen LogP) is -0.389. The van der Waals surface area contributed by atoms with Crippen molar-refractivity contribution in [2.75, 3.05) is 26.0 Å². The van der Waals surface area contributed by atoms with Gasteiger partial charge in [-0.15, -0.1) is 0 Å². The molecule has 8 nitrogen and oxygen atoms in total. The first-order chi connectivity index (χ1) is 8.85. The summed E-state index contributed by atoms with van der Waals surface area (Å²) in [6.45, 7) is 0.522. The second-order valence-electron chi connectivity index (χ2n) is 4.29. The fourth-order valence-corrected chi connectivity index (χ4v) is 3.42. The summed E-state index contributed by atoms with van der Waals surface area (Å²) in [5.41, 5.74) is 0. The van der Waals surface area contributed by atoms with Gasteiger partial charge in [-0.05, 0) is 12.8 Å². The summed E-state index contributed by atoms with van der Waals surface area (Å²) in [6.07, 6.45) is -0.150. The molecule has 0 spiro atoms. The van der Waals surface area contributed by atoms with Crippen molar-refractivity contribution in [1.29, 1.82) is 0 Å². The van der Waals surface area contributed by atoms with E-state index in [1.54, 1.807) is 0 Å². The Morgan fingerprint density at radius 2 is 2.16 bits per heavy atom. The topological polar surface area (TPSA) is 113 Å². The Hall–Kier alpha value is -1.35. The highest BCUT2D eigenvalue weighted by atomic mass is 32.2. The molecule has 1 atom stereocenters. The van der Waals surface area contributed by atoms with E-state index < -0.39 is 22.1 Å². The molecule has 1 aliphatic rings. The van der Waals surface area contributed by atoms with Crippen LogP contribution in [-0.2, 0) is 19.6 Å². The number of alkyl carbamates (subject to hydrolysis) is 1. The van der Waals surface area contributed by atoms with E-state index in [0.29, 0.717) is 13.0 Å². The maximum Gasteiger partial charge on any atom is 0.407 e. The van der Waals surface area contributed by atoms with Gasteiger partial charge in [-0.2, -0.15) is 4.31 Å². The Morgan fingerprint density at radius 1 is 1.47 bits per heavy atom. The summed E-state index contributed by atoms with van der Waals surface area (Å²) in [6, 6.07) is -0.262. The van der Waals surface area contributed by atoms with Crippen LogP contribution < -0.4 is 5.32 Å². The highest BCUT2D eigenvalue weighted by Gasteiger charge is 2.31. The second kappa shape index (κ2) is 6.71. The highest BCUT2D eigenvalue weighted by molar-refractivity contribution is 7.89. The van der Waals surface area contributed by atoms with Gasteiger partial charge in [-0.1, -0.05) is 0 Å². The van der Waals surface area contributed by atoms with Crippen LogP contribution in [0.3, 0.4) is 0 Å². The first kappa shape index (κ1) is 15.7. The Kier molecular flexibility index (Phi) is 5.55. The van der Waals surface area contributed by atoms with Crippen molar-refractivity contribution in [2.24, 2.45) is 0 Å². The first-order valence-electron chi connectivity index (χ1n) is 5.89. The zero-order valence-electron chi connectivity index (χ0n) is 10.7. The number of nitrogens with one attached hydrogen (secondary N) is 1. The van der Waals surface area contributed by atoms with Crippen LogP contribution in [-0.4, -0.2) is 61.9 Å². The van der Waals surface area contributed by atoms with Crippen molar-refractivity contribution in [3.8, 4) is 0 Å². The minimum atomic E-state index is -3.45. The van der Waals surface area contributed by atoms with Crippen LogP contribution in [0.25, 0.3) is 0 Å². The molecule has 0 aromatic heterocycles. The number of sulfonamides is 1. The van der Waals surface area contributed by atoms with Gasteiger partial charge in [0.15, 0.2) is 0 Å². The lowest BCUT2D eigenvalue weighted by atomic mass is 10.3. The largest absolute Gasteiger partial charge is 0.481 e. The van der Waals surface area contributed by atoms with Gasteiger partial charge in [-0.25, -0.2) is 13.2 Å². The molecule has 1 saturated heterocycles. The average Bonchev–Trinajstić information content (AvgIpc) is 2.77. The van der Waals surface area contributed by atoms with Gasteiger partial charge in [0.2, 0.25) is 10.0 Å². The van der Waals surface area contributed by atoms with Gasteiger partial charge < -0.3 is 15.2 Å². The van der Waals surface area contributed by atoms with E-state index in [-0.39, 0.29) is 31.2 Å². The average molecular weight is 294 g/mol. The van der Waals surface area contributed by atoms with Crippen molar-refractivity contribution in [1.82, 2.24) is 9.62 Å². The molecule has 1 rings (SSSR count). The quantitative estimate of drug-likeness (QED) is 0.690. The summed E-state index contributed by atoms with van der Waals surface area (Å²) in [4.78, 5) is 21.3. The molecule has 19 heavy (non-hydrogen) atoms. The molecule has 0 saturated carbocycles. The monoisotopic (exact) mass is 294 g/mol. The molecule has 2 N–H and O–H groups in total. The minimum absolute atomic E-state index is 0.0866. The molecule has 1 heterocycles. The Bertz CT molecular complexity index is 435. The Morgan fingerprint density at radius 3 is 2.74 bits per heavy atom. The van der Waals surface area contributed by atoms with Crippen LogP contribution in [0, 0.1) is 0 Å². The molecule has 110 valence electrons. The van der Waals surface area contributed by atoms with Gasteiger partial charge in [0, 0.05) is 25.6 Å². The third kappa shape index (κ3) is 5.03. The van der Waals surface area contributed by atoms with Gasteiger partial charge in [0.05, 0.1) is 12.9 Å². The minimum Gasteiger partial charge on any atom is -0.481 e. The fraction of sp³-hybridized carbons (Fsp3) is 0.800. The molecular formula is C10H18N2O6S. The van der Waals surface area contributed by atoms with Crippen molar-refractivity contribution >= 4 is 22.1 Å². The van der Waals surface area contributed by atoms with E-state index in [0.717, 1.165) is 0 Å². The number of rotatable bonds is 6. The molecule has 1 fully saturated rings. The Balaban J connectivity index is 2.44. The lowest BCUT2D eigenvalue weighted by molar-refractivity contribution is -0.137. The summed E-state index contributed by atoms with van der Waals surface area (Å²) >= 11 is 0. The third-order valence-corrected chi connectivity index (χ3v) is 4.77. The van der Waals surface area contributed by atoms with Gasteiger partial charge in [0.1, 0.15) is 0 Å².